The van der Waals surface area contributed by atoms with E-state index in [2.05, 4.69) is 11.2 Å². The van der Waals surface area contributed by atoms with Gasteiger partial charge in [-0.3, -0.25) is 4.79 Å². The Bertz CT molecular complexity index is 205. The van der Waals surface area contributed by atoms with Crippen LogP contribution in [0, 0.1) is 0 Å². The van der Waals surface area contributed by atoms with Crippen LogP contribution in [0.2, 0.25) is 0 Å². The van der Waals surface area contributed by atoms with Crippen molar-refractivity contribution < 1.29 is 4.79 Å². The molecule has 0 aromatic heterocycles. The second-order valence-corrected chi connectivity index (χ2v) is 5.28. The van der Waals surface area contributed by atoms with Crippen molar-refractivity contribution in [3.05, 3.63) is 0 Å². The molecule has 2 bridgehead atoms. The molecule has 3 heteroatoms. The maximum Gasteiger partial charge on any atom is 0.219 e. The van der Waals surface area contributed by atoms with Crippen molar-refractivity contribution in [1.29, 1.82) is 0 Å². The quantitative estimate of drug-likeness (QED) is 0.643. The van der Waals surface area contributed by atoms with Crippen LogP contribution in [0.3, 0.4) is 0 Å². The third-order valence-electron chi connectivity index (χ3n) is 3.39. The molecular weight excluding hydrogens is 182 g/mol. The molecule has 13 heavy (non-hydrogen) atoms. The predicted octanol–water partition coefficient (Wildman–Crippen LogP) is 1.89. The first-order valence-electron chi connectivity index (χ1n) is 5.04. The molecule has 2 saturated heterocycles. The molecular formula is C10H17NOS. The van der Waals surface area contributed by atoms with Crippen molar-refractivity contribution in [3.8, 4) is 0 Å². The number of fused-ring (bicyclic) bond motifs is 2. The number of carbonyl (C=O) groups is 1. The first kappa shape index (κ1) is 9.38. The smallest absolute Gasteiger partial charge is 0.219 e. The molecule has 2 rings (SSSR count). The van der Waals surface area contributed by atoms with Gasteiger partial charge >= 0.3 is 0 Å². The Balaban J connectivity index is 2.08. The molecule has 0 aliphatic carbocycles. The lowest BCUT2D eigenvalue weighted by Crippen LogP contribution is -2.46. The van der Waals surface area contributed by atoms with E-state index in [-0.39, 0.29) is 5.91 Å². The fourth-order valence-electron chi connectivity index (χ4n) is 2.83. The molecule has 0 aromatic carbocycles. The molecule has 1 amide bonds. The molecule has 0 saturated carbocycles. The van der Waals surface area contributed by atoms with E-state index in [4.69, 9.17) is 0 Å². The highest BCUT2D eigenvalue weighted by Crippen LogP contribution is 2.39. The molecule has 2 heterocycles. The highest BCUT2D eigenvalue weighted by atomic mass is 32.2. The first-order valence-corrected chi connectivity index (χ1v) is 6.33. The van der Waals surface area contributed by atoms with Crippen LogP contribution in [-0.2, 0) is 4.79 Å². The summed E-state index contributed by atoms with van der Waals surface area (Å²) >= 11 is 1.97. The van der Waals surface area contributed by atoms with Gasteiger partial charge in [-0.1, -0.05) is 0 Å². The second kappa shape index (κ2) is 3.52. The molecule has 2 atom stereocenters. The van der Waals surface area contributed by atoms with Gasteiger partial charge in [0.2, 0.25) is 5.91 Å². The molecule has 2 nitrogen and oxygen atoms in total. The van der Waals surface area contributed by atoms with Gasteiger partial charge in [-0.25, -0.2) is 0 Å². The summed E-state index contributed by atoms with van der Waals surface area (Å²) < 4.78 is 0. The molecule has 2 aliphatic rings. The Morgan fingerprint density at radius 3 is 2.23 bits per heavy atom. The molecule has 0 N–H and O–H groups in total. The van der Waals surface area contributed by atoms with Crippen LogP contribution in [-0.4, -0.2) is 34.4 Å². The minimum Gasteiger partial charge on any atom is -0.337 e. The highest BCUT2D eigenvalue weighted by Gasteiger charge is 2.41. The summed E-state index contributed by atoms with van der Waals surface area (Å²) in [6.07, 6.45) is 7.10. The Labute approximate surface area is 84.1 Å². The standard InChI is InChI=1S/C10H17NOS/c1-7(12)11-8-3-4-9(11)6-10(5-8)13-2/h8-10H,3-6H2,1-2H3. The van der Waals surface area contributed by atoms with Crippen LogP contribution in [0.4, 0.5) is 0 Å². The fourth-order valence-corrected chi connectivity index (χ4v) is 3.66. The van der Waals surface area contributed by atoms with E-state index >= 15 is 0 Å². The molecule has 0 spiro atoms. The number of rotatable bonds is 1. The molecule has 74 valence electrons. The maximum absolute atomic E-state index is 11.4. The van der Waals surface area contributed by atoms with E-state index in [1.807, 2.05) is 11.8 Å². The average molecular weight is 199 g/mol. The van der Waals surface area contributed by atoms with Crippen LogP contribution < -0.4 is 0 Å². The molecule has 2 fully saturated rings. The van der Waals surface area contributed by atoms with E-state index in [0.29, 0.717) is 12.1 Å². The normalized spacial score (nSPS) is 38.0. The summed E-state index contributed by atoms with van der Waals surface area (Å²) in [6, 6.07) is 1.13. The van der Waals surface area contributed by atoms with E-state index in [0.717, 1.165) is 5.25 Å². The van der Waals surface area contributed by atoms with Gasteiger partial charge in [-0.15, -0.1) is 0 Å². The van der Waals surface area contributed by atoms with Crippen molar-refractivity contribution in [2.24, 2.45) is 0 Å². The van der Waals surface area contributed by atoms with Gasteiger partial charge in [-0.2, -0.15) is 11.8 Å². The zero-order valence-corrected chi connectivity index (χ0v) is 9.14. The van der Waals surface area contributed by atoms with Gasteiger partial charge in [0.1, 0.15) is 0 Å². The third-order valence-corrected chi connectivity index (χ3v) is 4.44. The Hall–Kier alpha value is -0.180. The minimum atomic E-state index is 0.284. The number of nitrogens with zero attached hydrogens (tertiary/aromatic N) is 1. The van der Waals surface area contributed by atoms with E-state index < -0.39 is 0 Å². The zero-order chi connectivity index (χ0) is 9.42. The van der Waals surface area contributed by atoms with E-state index in [1.54, 1.807) is 6.92 Å². The topological polar surface area (TPSA) is 20.3 Å². The zero-order valence-electron chi connectivity index (χ0n) is 8.32. The lowest BCUT2D eigenvalue weighted by atomic mass is 10.0. The van der Waals surface area contributed by atoms with Crippen molar-refractivity contribution in [1.82, 2.24) is 4.90 Å². The molecule has 0 aromatic rings. The van der Waals surface area contributed by atoms with E-state index in [9.17, 15) is 4.79 Å². The van der Waals surface area contributed by atoms with Crippen LogP contribution in [0.25, 0.3) is 0 Å². The second-order valence-electron chi connectivity index (χ2n) is 4.14. The fraction of sp³-hybridized carbons (Fsp3) is 0.900. The van der Waals surface area contributed by atoms with Crippen molar-refractivity contribution in [2.75, 3.05) is 6.26 Å². The predicted molar refractivity (Wildman–Crippen MR) is 55.9 cm³/mol. The van der Waals surface area contributed by atoms with Crippen LogP contribution in [0.5, 0.6) is 0 Å². The number of hydrogen-bond acceptors (Lipinski definition) is 2. The summed E-state index contributed by atoms with van der Waals surface area (Å²) in [5, 5.41) is 0.799. The lowest BCUT2D eigenvalue weighted by molar-refractivity contribution is -0.132. The number of amides is 1. The summed E-state index contributed by atoms with van der Waals surface area (Å²) in [4.78, 5) is 13.5. The number of piperidine rings is 1. The van der Waals surface area contributed by atoms with Crippen molar-refractivity contribution >= 4 is 17.7 Å². The van der Waals surface area contributed by atoms with E-state index in [1.165, 1.54) is 25.7 Å². The van der Waals surface area contributed by atoms with Crippen molar-refractivity contribution in [3.63, 3.8) is 0 Å². The number of hydrogen-bond donors (Lipinski definition) is 0. The Kier molecular flexibility index (Phi) is 2.54. The van der Waals surface area contributed by atoms with Crippen molar-refractivity contribution in [2.45, 2.75) is 49.9 Å². The van der Waals surface area contributed by atoms with Gasteiger partial charge in [0.15, 0.2) is 0 Å². The highest BCUT2D eigenvalue weighted by molar-refractivity contribution is 7.99. The molecule has 0 radical (unpaired) electrons. The Morgan fingerprint density at radius 2 is 1.85 bits per heavy atom. The van der Waals surface area contributed by atoms with Gasteiger partial charge in [0, 0.05) is 24.3 Å². The summed E-state index contributed by atoms with van der Waals surface area (Å²) in [5.41, 5.74) is 0. The maximum atomic E-state index is 11.4. The SMILES string of the molecule is CSC1CC2CCC(C1)N2C(C)=O. The third kappa shape index (κ3) is 1.58. The summed E-state index contributed by atoms with van der Waals surface area (Å²) in [6.45, 7) is 1.71. The largest absolute Gasteiger partial charge is 0.337 e. The Morgan fingerprint density at radius 1 is 1.31 bits per heavy atom. The minimum absolute atomic E-state index is 0.284. The van der Waals surface area contributed by atoms with Gasteiger partial charge in [0.25, 0.3) is 0 Å². The van der Waals surface area contributed by atoms with Gasteiger partial charge in [-0.05, 0) is 31.9 Å². The monoisotopic (exact) mass is 199 g/mol. The van der Waals surface area contributed by atoms with Gasteiger partial charge in [0.05, 0.1) is 0 Å². The first-order chi connectivity index (χ1) is 6.22. The summed E-state index contributed by atoms with van der Waals surface area (Å²) in [7, 11) is 0. The molecule has 2 unspecified atom stereocenters. The lowest BCUT2D eigenvalue weighted by Gasteiger charge is -2.37. The molecule has 2 aliphatic heterocycles. The summed E-state index contributed by atoms with van der Waals surface area (Å²) in [5.74, 6) is 0.284. The number of thioether (sulfide) groups is 1. The van der Waals surface area contributed by atoms with Gasteiger partial charge < -0.3 is 4.90 Å². The number of carbonyl (C=O) groups excluding carboxylic acids is 1. The average Bonchev–Trinajstić information content (AvgIpc) is 2.37. The van der Waals surface area contributed by atoms with Crippen LogP contribution >= 0.6 is 11.8 Å². The van der Waals surface area contributed by atoms with Crippen LogP contribution in [0.1, 0.15) is 32.6 Å². The van der Waals surface area contributed by atoms with Crippen LogP contribution in [0.15, 0.2) is 0 Å².